The molecule has 0 aromatic heterocycles. The first-order chi connectivity index (χ1) is 12.8. The number of carbonyl (C=O) groups excluding carboxylic acids is 1. The minimum absolute atomic E-state index is 0.00511. The van der Waals surface area contributed by atoms with Crippen molar-refractivity contribution in [1.29, 1.82) is 0 Å². The Hall–Kier alpha value is -1.44. The Morgan fingerprint density at radius 3 is 2.70 bits per heavy atom. The number of carbonyl (C=O) groups is 1. The van der Waals surface area contributed by atoms with Gasteiger partial charge in [0.2, 0.25) is 8.41 Å². The molecule has 1 amide bonds. The molecule has 4 atom stereocenters. The third-order valence-electron chi connectivity index (χ3n) is 5.81. The third kappa shape index (κ3) is 4.52. The molecule has 0 aliphatic carbocycles. The van der Waals surface area contributed by atoms with Gasteiger partial charge in [0.1, 0.15) is 6.61 Å². The van der Waals surface area contributed by atoms with E-state index in [0.717, 1.165) is 24.1 Å². The van der Waals surface area contributed by atoms with E-state index in [9.17, 15) is 14.0 Å². The number of ether oxygens (including phenoxy) is 2. The van der Waals surface area contributed by atoms with Crippen LogP contribution in [0.2, 0.25) is 18.6 Å². The number of benzene rings is 1. The molecule has 5 nitrogen and oxygen atoms in total. The Morgan fingerprint density at radius 2 is 2.07 bits per heavy atom. The van der Waals surface area contributed by atoms with E-state index in [1.165, 1.54) is 0 Å². The van der Waals surface area contributed by atoms with Gasteiger partial charge < -0.3 is 18.7 Å². The van der Waals surface area contributed by atoms with Crippen LogP contribution in [-0.2, 0) is 15.9 Å². The van der Waals surface area contributed by atoms with E-state index < -0.39 is 8.41 Å². The Labute approximate surface area is 161 Å². The van der Waals surface area contributed by atoms with Crippen molar-refractivity contribution in [2.75, 3.05) is 24.7 Å². The van der Waals surface area contributed by atoms with Gasteiger partial charge in [-0.05, 0) is 56.0 Å². The van der Waals surface area contributed by atoms with Crippen LogP contribution in [0.1, 0.15) is 25.3 Å². The largest absolute Gasteiger partial charge is 0.447 e. The summed E-state index contributed by atoms with van der Waals surface area (Å²) >= 11 is 0. The summed E-state index contributed by atoms with van der Waals surface area (Å²) in [4.78, 5) is 13.4. The molecule has 2 aliphatic heterocycles. The van der Waals surface area contributed by atoms with Gasteiger partial charge in [-0.15, -0.1) is 0 Å². The Morgan fingerprint density at radius 1 is 1.30 bits per heavy atom. The maximum Gasteiger partial charge on any atom is 0.414 e. The highest BCUT2D eigenvalue weighted by molar-refractivity contribution is 6.72. The number of aryl methyl sites for hydroxylation is 1. The van der Waals surface area contributed by atoms with Crippen molar-refractivity contribution in [3.05, 3.63) is 29.8 Å². The summed E-state index contributed by atoms with van der Waals surface area (Å²) in [5.74, 6) is 0.143. The average Bonchev–Trinajstić information content (AvgIpc) is 3.16. The van der Waals surface area contributed by atoms with Crippen LogP contribution in [0, 0.1) is 5.92 Å². The summed E-state index contributed by atoms with van der Waals surface area (Å²) in [6.45, 7) is 6.58. The number of hydrogen-bond donors (Lipinski definition) is 1. The Bertz CT molecular complexity index is 666. The first kappa shape index (κ1) is 20.3. The number of anilines is 1. The highest BCUT2D eigenvalue weighted by Gasteiger charge is 2.50. The topological polar surface area (TPSA) is 59.0 Å². The summed E-state index contributed by atoms with van der Waals surface area (Å²) in [6.07, 6.45) is 1.61. The first-order valence-corrected chi connectivity index (χ1v) is 12.7. The molecule has 0 bridgehead atoms. The lowest BCUT2D eigenvalue weighted by Crippen LogP contribution is -2.36. The van der Waals surface area contributed by atoms with Gasteiger partial charge >= 0.3 is 6.09 Å². The predicted octanol–water partition coefficient (Wildman–Crippen LogP) is 3.91. The molecule has 27 heavy (non-hydrogen) atoms. The number of aliphatic hydroxyl groups excluding tert-OH is 1. The summed E-state index contributed by atoms with van der Waals surface area (Å²) in [5, 5.41) is 9.32. The Balaban J connectivity index is 1.65. The average molecular weight is 396 g/mol. The van der Waals surface area contributed by atoms with Crippen molar-refractivity contribution in [3.8, 4) is 0 Å². The number of halogens is 1. The summed E-state index contributed by atoms with van der Waals surface area (Å²) < 4.78 is 26.0. The standard InChI is InChI=1S/C20H30FNO4Si/c1-14-17(26-18(9-11-23)19(14)27(2,3)21)8-7-15-5-4-6-16(13-15)22-10-12-25-20(22)24/h4-6,13-14,17-19,23H,7-12H2,1-3H3/t14-,17+,18-,19+/m1/s1. The zero-order valence-electron chi connectivity index (χ0n) is 16.4. The van der Waals surface area contributed by atoms with E-state index in [-0.39, 0.29) is 36.4 Å². The number of hydrogen-bond acceptors (Lipinski definition) is 4. The van der Waals surface area contributed by atoms with E-state index in [0.29, 0.717) is 19.6 Å². The molecular weight excluding hydrogens is 365 g/mol. The van der Waals surface area contributed by atoms with Gasteiger partial charge in [-0.25, -0.2) is 4.79 Å². The molecule has 2 saturated heterocycles. The van der Waals surface area contributed by atoms with Gasteiger partial charge in [0, 0.05) is 17.8 Å². The minimum Gasteiger partial charge on any atom is -0.447 e. The van der Waals surface area contributed by atoms with Crippen LogP contribution in [0.25, 0.3) is 0 Å². The zero-order chi connectivity index (χ0) is 19.6. The van der Waals surface area contributed by atoms with Gasteiger partial charge in [0.15, 0.2) is 0 Å². The van der Waals surface area contributed by atoms with E-state index in [1.54, 1.807) is 18.0 Å². The Kier molecular flexibility index (Phi) is 6.23. The van der Waals surface area contributed by atoms with Gasteiger partial charge in [-0.1, -0.05) is 19.1 Å². The van der Waals surface area contributed by atoms with Crippen molar-refractivity contribution in [2.24, 2.45) is 5.92 Å². The molecule has 150 valence electrons. The smallest absolute Gasteiger partial charge is 0.414 e. The summed E-state index contributed by atoms with van der Waals surface area (Å²) in [7, 11) is -2.87. The van der Waals surface area contributed by atoms with Crippen LogP contribution in [0.5, 0.6) is 0 Å². The second-order valence-electron chi connectivity index (χ2n) is 8.15. The molecule has 0 saturated carbocycles. The number of amides is 1. The van der Waals surface area contributed by atoms with E-state index >= 15 is 0 Å². The highest BCUT2D eigenvalue weighted by Crippen LogP contribution is 2.46. The van der Waals surface area contributed by atoms with Crippen molar-refractivity contribution >= 4 is 20.2 Å². The minimum atomic E-state index is -2.87. The molecule has 7 heteroatoms. The number of nitrogens with zero attached hydrogens (tertiary/aromatic N) is 1. The van der Waals surface area contributed by atoms with Crippen molar-refractivity contribution in [1.82, 2.24) is 0 Å². The predicted molar refractivity (Wildman–Crippen MR) is 105 cm³/mol. The summed E-state index contributed by atoms with van der Waals surface area (Å²) in [5.41, 5.74) is 1.89. The number of rotatable bonds is 7. The molecule has 0 spiro atoms. The fraction of sp³-hybridized carbons (Fsp3) is 0.650. The fourth-order valence-corrected chi connectivity index (χ4v) is 7.19. The molecule has 1 aromatic rings. The second kappa shape index (κ2) is 8.28. The van der Waals surface area contributed by atoms with Crippen LogP contribution in [0.4, 0.5) is 14.6 Å². The maximum atomic E-state index is 14.8. The quantitative estimate of drug-likeness (QED) is 0.562. The molecule has 0 radical (unpaired) electrons. The second-order valence-corrected chi connectivity index (χ2v) is 11.9. The van der Waals surface area contributed by atoms with Crippen LogP contribution in [0.15, 0.2) is 24.3 Å². The molecule has 1 N–H and O–H groups in total. The first-order valence-electron chi connectivity index (χ1n) is 9.79. The molecule has 2 fully saturated rings. The van der Waals surface area contributed by atoms with E-state index in [1.807, 2.05) is 24.3 Å². The van der Waals surface area contributed by atoms with Gasteiger partial charge in [0.05, 0.1) is 18.8 Å². The van der Waals surface area contributed by atoms with Crippen LogP contribution in [0.3, 0.4) is 0 Å². The van der Waals surface area contributed by atoms with E-state index in [4.69, 9.17) is 9.47 Å². The van der Waals surface area contributed by atoms with Gasteiger partial charge in [0.25, 0.3) is 0 Å². The zero-order valence-corrected chi connectivity index (χ0v) is 17.4. The van der Waals surface area contributed by atoms with Crippen LogP contribution >= 0.6 is 0 Å². The number of aliphatic hydroxyl groups is 1. The SMILES string of the molecule is C[C@H]1[C@H]([Si](C)(C)F)[C@@H](CCO)O[C@H]1CCc1cccc(N2CCOC2=O)c1. The van der Waals surface area contributed by atoms with Gasteiger partial charge in [-0.2, -0.15) is 0 Å². The fourth-order valence-electron chi connectivity index (χ4n) is 4.59. The van der Waals surface area contributed by atoms with Gasteiger partial charge in [-0.3, -0.25) is 4.90 Å². The van der Waals surface area contributed by atoms with Crippen molar-refractivity contribution in [3.63, 3.8) is 0 Å². The molecule has 0 unspecified atom stereocenters. The molecule has 2 aliphatic rings. The van der Waals surface area contributed by atoms with Crippen molar-refractivity contribution in [2.45, 2.75) is 57.0 Å². The third-order valence-corrected chi connectivity index (χ3v) is 8.29. The lowest BCUT2D eigenvalue weighted by molar-refractivity contribution is 0.0193. The summed E-state index contributed by atoms with van der Waals surface area (Å²) in [6, 6.07) is 7.92. The molecule has 3 rings (SSSR count). The molecule has 1 aromatic carbocycles. The molecule has 2 heterocycles. The molecular formula is C20H30FNO4Si. The maximum absolute atomic E-state index is 14.8. The monoisotopic (exact) mass is 395 g/mol. The van der Waals surface area contributed by atoms with Crippen LogP contribution < -0.4 is 4.90 Å². The van der Waals surface area contributed by atoms with Crippen LogP contribution in [-0.4, -0.2) is 51.6 Å². The number of cyclic esters (lactones) is 1. The van der Waals surface area contributed by atoms with E-state index in [2.05, 4.69) is 6.92 Å². The highest BCUT2D eigenvalue weighted by atomic mass is 28.4. The lowest BCUT2D eigenvalue weighted by atomic mass is 9.95. The normalized spacial score (nSPS) is 28.6. The lowest BCUT2D eigenvalue weighted by Gasteiger charge is -2.28. The van der Waals surface area contributed by atoms with Crippen molar-refractivity contribution < 1.29 is 23.5 Å².